The van der Waals surface area contributed by atoms with Crippen molar-refractivity contribution in [1.82, 2.24) is 0 Å². The maximum absolute atomic E-state index is 10.6. The molecule has 8 nitrogen and oxygen atoms in total. The van der Waals surface area contributed by atoms with E-state index in [2.05, 4.69) is 0 Å². The van der Waals surface area contributed by atoms with E-state index in [0.717, 1.165) is 25.7 Å². The summed E-state index contributed by atoms with van der Waals surface area (Å²) >= 11 is 0. The largest absolute Gasteiger partial charge is 1.00 e. The number of hydrogen-bond donors (Lipinski definition) is 2. The topological polar surface area (TPSA) is 155 Å². The van der Waals surface area contributed by atoms with E-state index in [4.69, 9.17) is 10.2 Å². The van der Waals surface area contributed by atoms with Crippen molar-refractivity contribution in [3.05, 3.63) is 0 Å². The molecule has 2 saturated carbocycles. The normalized spacial score (nSPS) is 27.4. The smallest absolute Gasteiger partial charge is 0.550 e. The van der Waals surface area contributed by atoms with Crippen LogP contribution < -0.4 is 69.3 Å². The SMILES string of the molecule is O=C(O)C1CCCCC1C(=O)O.O=C([O-])C1CCCCC1C(=O)[O-].[Na+].[Na+]. The summed E-state index contributed by atoms with van der Waals surface area (Å²) in [5.41, 5.74) is 0. The molecule has 2 aliphatic rings. The predicted molar refractivity (Wildman–Crippen MR) is 76.2 cm³/mol. The van der Waals surface area contributed by atoms with E-state index in [1.54, 1.807) is 0 Å². The molecular formula is C16H22Na2O8. The summed E-state index contributed by atoms with van der Waals surface area (Å²) in [5.74, 6) is -7.49. The van der Waals surface area contributed by atoms with Gasteiger partial charge in [-0.1, -0.05) is 25.7 Å². The van der Waals surface area contributed by atoms with Crippen LogP contribution in [0.25, 0.3) is 0 Å². The first kappa shape index (κ1) is 28.1. The molecule has 0 aromatic heterocycles. The second-order valence-electron chi connectivity index (χ2n) is 6.31. The van der Waals surface area contributed by atoms with Crippen LogP contribution >= 0.6 is 0 Å². The molecule has 0 aliphatic heterocycles. The van der Waals surface area contributed by atoms with E-state index in [9.17, 15) is 29.4 Å². The molecule has 0 aromatic rings. The van der Waals surface area contributed by atoms with Gasteiger partial charge in [0.2, 0.25) is 0 Å². The van der Waals surface area contributed by atoms with E-state index in [1.165, 1.54) is 0 Å². The second kappa shape index (κ2) is 14.0. The minimum Gasteiger partial charge on any atom is -0.550 e. The summed E-state index contributed by atoms with van der Waals surface area (Å²) in [7, 11) is 0. The van der Waals surface area contributed by atoms with E-state index >= 15 is 0 Å². The Morgan fingerprint density at radius 1 is 0.577 bits per heavy atom. The zero-order chi connectivity index (χ0) is 18.3. The zero-order valence-corrected chi connectivity index (χ0v) is 19.3. The van der Waals surface area contributed by atoms with Crippen molar-refractivity contribution in [2.45, 2.75) is 51.4 Å². The van der Waals surface area contributed by atoms with Crippen molar-refractivity contribution >= 4 is 23.9 Å². The Kier molecular flexibility index (Phi) is 15.1. The van der Waals surface area contributed by atoms with Gasteiger partial charge in [0.25, 0.3) is 0 Å². The minimum atomic E-state index is -1.26. The molecule has 0 amide bonds. The van der Waals surface area contributed by atoms with Gasteiger partial charge in [-0.15, -0.1) is 0 Å². The molecule has 0 radical (unpaired) electrons. The van der Waals surface area contributed by atoms with Gasteiger partial charge in [0, 0.05) is 23.8 Å². The molecule has 2 N–H and O–H groups in total. The quantitative estimate of drug-likeness (QED) is 0.450. The average molecular weight is 388 g/mol. The van der Waals surface area contributed by atoms with E-state index in [0.29, 0.717) is 25.7 Å². The second-order valence-corrected chi connectivity index (χ2v) is 6.31. The number of hydrogen-bond acceptors (Lipinski definition) is 6. The Bertz CT molecular complexity index is 409. The maximum Gasteiger partial charge on any atom is 1.00 e. The third-order valence-corrected chi connectivity index (χ3v) is 4.77. The van der Waals surface area contributed by atoms with Crippen molar-refractivity contribution in [2.24, 2.45) is 23.7 Å². The van der Waals surface area contributed by atoms with Gasteiger partial charge in [-0.3, -0.25) is 9.59 Å². The molecule has 10 heteroatoms. The summed E-state index contributed by atoms with van der Waals surface area (Å²) in [6, 6.07) is 0. The van der Waals surface area contributed by atoms with Crippen molar-refractivity contribution in [2.75, 3.05) is 0 Å². The Hall–Kier alpha value is -0.120. The molecular weight excluding hydrogens is 366 g/mol. The molecule has 4 unspecified atom stereocenters. The van der Waals surface area contributed by atoms with Gasteiger partial charge in [0.15, 0.2) is 0 Å². The van der Waals surface area contributed by atoms with Crippen molar-refractivity contribution in [1.29, 1.82) is 0 Å². The first-order chi connectivity index (χ1) is 11.3. The standard InChI is InChI=1S/2C8H12O4.2Na/c2*9-7(10)5-3-1-2-4-6(5)8(11)12;;/h2*5-6H,1-4H2,(H,9,10)(H,11,12);;/q;;2*+1/p-2. The van der Waals surface area contributed by atoms with Crippen molar-refractivity contribution < 1.29 is 98.7 Å². The zero-order valence-electron chi connectivity index (χ0n) is 15.3. The third kappa shape index (κ3) is 8.71. The van der Waals surface area contributed by atoms with Crippen LogP contribution in [-0.4, -0.2) is 34.1 Å². The molecule has 2 fully saturated rings. The molecule has 0 bridgehead atoms. The Morgan fingerprint density at radius 3 is 1.00 bits per heavy atom. The molecule has 136 valence electrons. The summed E-state index contributed by atoms with van der Waals surface area (Å²) < 4.78 is 0. The van der Waals surface area contributed by atoms with Gasteiger partial charge in [-0.2, -0.15) is 0 Å². The number of carboxylic acid groups (broad SMARTS) is 4. The number of carbonyl (C=O) groups is 4. The number of rotatable bonds is 4. The van der Waals surface area contributed by atoms with Crippen LogP contribution in [-0.2, 0) is 19.2 Å². The first-order valence-electron chi connectivity index (χ1n) is 8.13. The van der Waals surface area contributed by atoms with Crippen LogP contribution in [0.5, 0.6) is 0 Å². The minimum absolute atomic E-state index is 0. The van der Waals surface area contributed by atoms with Crippen LogP contribution in [0.4, 0.5) is 0 Å². The van der Waals surface area contributed by atoms with Gasteiger partial charge in [0.1, 0.15) is 0 Å². The van der Waals surface area contributed by atoms with Crippen LogP contribution in [0.3, 0.4) is 0 Å². The molecule has 4 atom stereocenters. The molecule has 26 heavy (non-hydrogen) atoms. The van der Waals surface area contributed by atoms with Gasteiger partial charge < -0.3 is 30.0 Å². The fraction of sp³-hybridized carbons (Fsp3) is 0.750. The van der Waals surface area contributed by atoms with Gasteiger partial charge in [-0.05, 0) is 25.7 Å². The monoisotopic (exact) mass is 388 g/mol. The summed E-state index contributed by atoms with van der Waals surface area (Å²) in [6.45, 7) is 0. The Labute approximate surface area is 196 Å². The molecule has 0 aromatic carbocycles. The van der Waals surface area contributed by atoms with Crippen molar-refractivity contribution in [3.8, 4) is 0 Å². The average Bonchev–Trinajstić information content (AvgIpc) is 2.55. The van der Waals surface area contributed by atoms with Gasteiger partial charge in [0.05, 0.1) is 11.8 Å². The summed E-state index contributed by atoms with van der Waals surface area (Å²) in [5, 5.41) is 38.3. The Morgan fingerprint density at radius 2 is 0.808 bits per heavy atom. The number of aliphatic carboxylic acids is 4. The van der Waals surface area contributed by atoms with E-state index in [-0.39, 0.29) is 59.1 Å². The Balaban J connectivity index is 0. The summed E-state index contributed by atoms with van der Waals surface area (Å²) in [6.07, 6.45) is 5.02. The predicted octanol–water partition coefficient (Wildman–Crippen LogP) is -6.74. The van der Waals surface area contributed by atoms with Gasteiger partial charge in [-0.25, -0.2) is 0 Å². The van der Waals surface area contributed by atoms with E-state index in [1.807, 2.05) is 0 Å². The van der Waals surface area contributed by atoms with Crippen LogP contribution in [0, 0.1) is 23.7 Å². The summed E-state index contributed by atoms with van der Waals surface area (Å²) in [4.78, 5) is 42.1. The third-order valence-electron chi connectivity index (χ3n) is 4.77. The van der Waals surface area contributed by atoms with Crippen LogP contribution in [0.2, 0.25) is 0 Å². The molecule has 0 heterocycles. The molecule has 0 spiro atoms. The number of carboxylic acids is 4. The number of carbonyl (C=O) groups excluding carboxylic acids is 2. The van der Waals surface area contributed by atoms with Gasteiger partial charge >= 0.3 is 71.1 Å². The fourth-order valence-corrected chi connectivity index (χ4v) is 3.42. The molecule has 2 aliphatic carbocycles. The molecule has 2 rings (SSSR count). The molecule has 0 saturated heterocycles. The van der Waals surface area contributed by atoms with Crippen LogP contribution in [0.1, 0.15) is 51.4 Å². The maximum atomic E-state index is 10.6. The first-order valence-corrected chi connectivity index (χ1v) is 8.13. The fourth-order valence-electron chi connectivity index (χ4n) is 3.42. The van der Waals surface area contributed by atoms with Crippen LogP contribution in [0.15, 0.2) is 0 Å². The van der Waals surface area contributed by atoms with E-state index < -0.39 is 47.5 Å². The van der Waals surface area contributed by atoms with Crippen molar-refractivity contribution in [3.63, 3.8) is 0 Å².